The van der Waals surface area contributed by atoms with Gasteiger partial charge in [0.2, 0.25) is 5.95 Å². The molecule has 0 aliphatic carbocycles. The molecule has 37 heavy (non-hydrogen) atoms. The predicted octanol–water partition coefficient (Wildman–Crippen LogP) is 3.87. The van der Waals surface area contributed by atoms with Crippen molar-refractivity contribution < 1.29 is 13.5 Å². The van der Waals surface area contributed by atoms with Crippen LogP contribution in [0.25, 0.3) is 10.8 Å². The summed E-state index contributed by atoms with van der Waals surface area (Å²) in [4.78, 5) is 18.2. The van der Waals surface area contributed by atoms with E-state index >= 15 is 0 Å². The molecule has 2 aliphatic heterocycles. The van der Waals surface area contributed by atoms with Crippen LogP contribution >= 0.6 is 0 Å². The SMILES string of the molecule is CC(C)c1ccc(N2CCC(S(C)(=O)=O)CC2)c2cnc(Nc3ccnc(N4CCC(O)CC4)n3)cc12. The van der Waals surface area contributed by atoms with Crippen molar-refractivity contribution in [1.29, 1.82) is 0 Å². The quantitative estimate of drug-likeness (QED) is 0.496. The van der Waals surface area contributed by atoms with Gasteiger partial charge in [-0.05, 0) is 60.7 Å². The van der Waals surface area contributed by atoms with Crippen LogP contribution in [0.2, 0.25) is 0 Å². The Hall–Kier alpha value is -2.98. The molecule has 2 fully saturated rings. The van der Waals surface area contributed by atoms with Crippen molar-refractivity contribution in [3.05, 3.63) is 42.2 Å². The third kappa shape index (κ3) is 5.65. The number of aliphatic hydroxyl groups is 1. The van der Waals surface area contributed by atoms with E-state index in [0.717, 1.165) is 42.4 Å². The molecule has 3 aromatic rings. The van der Waals surface area contributed by atoms with Gasteiger partial charge in [0.1, 0.15) is 21.5 Å². The molecule has 10 heteroatoms. The van der Waals surface area contributed by atoms with E-state index in [1.165, 1.54) is 11.8 Å². The van der Waals surface area contributed by atoms with E-state index in [-0.39, 0.29) is 11.4 Å². The van der Waals surface area contributed by atoms with Crippen LogP contribution in [0.15, 0.2) is 36.7 Å². The number of anilines is 4. The molecule has 2 aromatic heterocycles. The van der Waals surface area contributed by atoms with Crippen molar-refractivity contribution in [2.75, 3.05) is 47.6 Å². The zero-order valence-electron chi connectivity index (χ0n) is 21.8. The van der Waals surface area contributed by atoms with Crippen LogP contribution in [0.1, 0.15) is 51.0 Å². The van der Waals surface area contributed by atoms with Gasteiger partial charge in [0.05, 0.1) is 11.4 Å². The summed E-state index contributed by atoms with van der Waals surface area (Å²) >= 11 is 0. The average Bonchev–Trinajstić information content (AvgIpc) is 2.88. The highest BCUT2D eigenvalue weighted by Gasteiger charge is 2.28. The zero-order chi connectivity index (χ0) is 26.2. The normalized spacial score (nSPS) is 18.1. The molecule has 9 nitrogen and oxygen atoms in total. The maximum Gasteiger partial charge on any atom is 0.227 e. The highest BCUT2D eigenvalue weighted by molar-refractivity contribution is 7.91. The molecule has 5 rings (SSSR count). The van der Waals surface area contributed by atoms with Crippen molar-refractivity contribution in [3.63, 3.8) is 0 Å². The zero-order valence-corrected chi connectivity index (χ0v) is 22.6. The minimum Gasteiger partial charge on any atom is -0.393 e. The van der Waals surface area contributed by atoms with Crippen LogP contribution in [-0.2, 0) is 9.84 Å². The molecule has 0 saturated carbocycles. The van der Waals surface area contributed by atoms with Crippen molar-refractivity contribution in [2.45, 2.75) is 56.8 Å². The molecule has 198 valence electrons. The molecular weight excluding hydrogens is 488 g/mol. The second kappa shape index (κ2) is 10.4. The van der Waals surface area contributed by atoms with Crippen molar-refractivity contribution >= 4 is 43.9 Å². The van der Waals surface area contributed by atoms with Gasteiger partial charge in [-0.3, -0.25) is 0 Å². The third-order valence-corrected chi connectivity index (χ3v) is 9.25. The minimum absolute atomic E-state index is 0.245. The van der Waals surface area contributed by atoms with Crippen LogP contribution in [-0.4, -0.2) is 72.3 Å². The van der Waals surface area contributed by atoms with Crippen LogP contribution in [0, 0.1) is 0 Å². The van der Waals surface area contributed by atoms with Gasteiger partial charge in [0.25, 0.3) is 0 Å². The molecular formula is C27H36N6O3S. The Bertz CT molecular complexity index is 1360. The van der Waals surface area contributed by atoms with Gasteiger partial charge < -0.3 is 20.2 Å². The maximum atomic E-state index is 12.0. The second-order valence-corrected chi connectivity index (χ2v) is 12.9. The minimum atomic E-state index is -3.01. The third-order valence-electron chi connectivity index (χ3n) is 7.57. The fourth-order valence-corrected chi connectivity index (χ4v) is 6.45. The number of nitrogens with zero attached hydrogens (tertiary/aromatic N) is 5. The monoisotopic (exact) mass is 524 g/mol. The van der Waals surface area contributed by atoms with E-state index in [0.29, 0.717) is 49.4 Å². The molecule has 1 aromatic carbocycles. The van der Waals surface area contributed by atoms with Crippen molar-refractivity contribution in [2.24, 2.45) is 0 Å². The Labute approximate surface area is 218 Å². The molecule has 0 unspecified atom stereocenters. The lowest BCUT2D eigenvalue weighted by atomic mass is 9.95. The first-order valence-electron chi connectivity index (χ1n) is 13.1. The number of aliphatic hydroxyl groups excluding tert-OH is 1. The Kier molecular flexibility index (Phi) is 7.22. The summed E-state index contributed by atoms with van der Waals surface area (Å²) in [5, 5.41) is 15.1. The van der Waals surface area contributed by atoms with Gasteiger partial charge in [-0.1, -0.05) is 19.9 Å². The lowest BCUT2D eigenvalue weighted by Gasteiger charge is -2.34. The maximum absolute atomic E-state index is 12.0. The summed E-state index contributed by atoms with van der Waals surface area (Å²) < 4.78 is 24.0. The number of fused-ring (bicyclic) bond motifs is 1. The number of hydrogen-bond acceptors (Lipinski definition) is 9. The van der Waals surface area contributed by atoms with Crippen LogP contribution < -0.4 is 15.1 Å². The molecule has 0 spiro atoms. The first kappa shape index (κ1) is 25.7. The molecule has 0 atom stereocenters. The number of aromatic nitrogens is 3. The summed E-state index contributed by atoms with van der Waals surface area (Å²) in [6.07, 6.45) is 7.49. The Morgan fingerprint density at radius 1 is 0.946 bits per heavy atom. The second-order valence-electron chi connectivity index (χ2n) is 10.5. The number of sulfone groups is 1. The number of pyridine rings is 1. The lowest BCUT2D eigenvalue weighted by Crippen LogP contribution is -2.39. The lowest BCUT2D eigenvalue weighted by molar-refractivity contribution is 0.145. The van der Waals surface area contributed by atoms with Gasteiger partial charge >= 0.3 is 0 Å². The van der Waals surface area contributed by atoms with Crippen LogP contribution in [0.3, 0.4) is 0 Å². The van der Waals surface area contributed by atoms with Crippen molar-refractivity contribution in [1.82, 2.24) is 15.0 Å². The standard InChI is InChI=1S/C27H36N6O3S/c1-18(2)21-4-5-24(32-14-9-20(10-15-32)37(3,35)36)23-17-29-26(16-22(21)23)30-25-6-11-28-27(31-25)33-12-7-19(34)8-13-33/h4-6,11,16-20,34H,7-10,12-15H2,1-3H3,(H,28,29,30,31). The summed E-state index contributed by atoms with van der Waals surface area (Å²) in [5.74, 6) is 2.37. The molecule has 0 amide bonds. The summed E-state index contributed by atoms with van der Waals surface area (Å²) in [6, 6.07) is 8.25. The van der Waals surface area contributed by atoms with E-state index in [2.05, 4.69) is 52.1 Å². The van der Waals surface area contributed by atoms with Gasteiger partial charge in [0, 0.05) is 55.9 Å². The highest BCUT2D eigenvalue weighted by atomic mass is 32.2. The Morgan fingerprint density at radius 2 is 1.65 bits per heavy atom. The number of rotatable bonds is 6. The van der Waals surface area contributed by atoms with E-state index in [1.54, 1.807) is 6.20 Å². The average molecular weight is 525 g/mol. The summed E-state index contributed by atoms with van der Waals surface area (Å²) in [6.45, 7) is 7.27. The fourth-order valence-electron chi connectivity index (χ4n) is 5.39. The van der Waals surface area contributed by atoms with Gasteiger partial charge in [-0.25, -0.2) is 18.4 Å². The van der Waals surface area contributed by atoms with E-state index in [9.17, 15) is 13.5 Å². The smallest absolute Gasteiger partial charge is 0.227 e. The molecule has 2 aliphatic rings. The molecule has 0 radical (unpaired) electrons. The van der Waals surface area contributed by atoms with Crippen molar-refractivity contribution in [3.8, 4) is 0 Å². The van der Waals surface area contributed by atoms with E-state index in [4.69, 9.17) is 9.97 Å². The van der Waals surface area contributed by atoms with E-state index in [1.807, 2.05) is 12.3 Å². The number of hydrogen-bond donors (Lipinski definition) is 2. The summed E-state index contributed by atoms with van der Waals surface area (Å²) in [5.41, 5.74) is 2.34. The summed E-state index contributed by atoms with van der Waals surface area (Å²) in [7, 11) is -3.01. The fraction of sp³-hybridized carbons (Fsp3) is 0.519. The molecule has 2 saturated heterocycles. The Morgan fingerprint density at radius 3 is 2.32 bits per heavy atom. The molecule has 4 heterocycles. The van der Waals surface area contributed by atoms with Gasteiger partial charge in [-0.15, -0.1) is 0 Å². The predicted molar refractivity (Wildman–Crippen MR) is 149 cm³/mol. The van der Waals surface area contributed by atoms with E-state index < -0.39 is 9.84 Å². The van der Waals surface area contributed by atoms with Crippen LogP contribution in [0.4, 0.5) is 23.3 Å². The number of piperidine rings is 2. The number of benzene rings is 1. The van der Waals surface area contributed by atoms with Crippen LogP contribution in [0.5, 0.6) is 0 Å². The first-order valence-corrected chi connectivity index (χ1v) is 15.0. The first-order chi connectivity index (χ1) is 17.7. The molecule has 0 bridgehead atoms. The Balaban J connectivity index is 1.41. The topological polar surface area (TPSA) is 112 Å². The van der Waals surface area contributed by atoms with Gasteiger partial charge in [-0.2, -0.15) is 4.98 Å². The van der Waals surface area contributed by atoms with Gasteiger partial charge in [0.15, 0.2) is 0 Å². The molecule has 2 N–H and O–H groups in total. The highest BCUT2D eigenvalue weighted by Crippen LogP contribution is 2.36. The largest absolute Gasteiger partial charge is 0.393 e. The number of nitrogens with one attached hydrogen (secondary N) is 1.